The number of hydrogen-bond acceptors (Lipinski definition) is 6. The van der Waals surface area contributed by atoms with E-state index in [4.69, 9.17) is 4.42 Å². The highest BCUT2D eigenvalue weighted by molar-refractivity contribution is 7.08. The lowest BCUT2D eigenvalue weighted by molar-refractivity contribution is -0.116. The van der Waals surface area contributed by atoms with Crippen LogP contribution in [0.15, 0.2) is 75.8 Å². The largest absolute Gasteiger partial charge is 0.421 e. The van der Waals surface area contributed by atoms with Gasteiger partial charge in [0.25, 0.3) is 0 Å². The molecule has 2 aromatic carbocycles. The molecule has 1 amide bonds. The van der Waals surface area contributed by atoms with Crippen LogP contribution in [0.25, 0.3) is 11.5 Å². The predicted molar refractivity (Wildman–Crippen MR) is 111 cm³/mol. The van der Waals surface area contributed by atoms with Gasteiger partial charge < -0.3 is 15.1 Å². The van der Waals surface area contributed by atoms with Crippen LogP contribution in [0.1, 0.15) is 12.3 Å². The Kier molecular flexibility index (Phi) is 5.44. The van der Waals surface area contributed by atoms with Gasteiger partial charge >= 0.3 is 0 Å². The quantitative estimate of drug-likeness (QED) is 0.458. The van der Waals surface area contributed by atoms with Crippen molar-refractivity contribution in [3.63, 3.8) is 0 Å². The molecule has 0 bridgehead atoms. The Labute approximate surface area is 166 Å². The fraction of sp³-hybridized carbons (Fsp3) is 0.0952. The van der Waals surface area contributed by atoms with E-state index in [1.807, 2.05) is 71.4 Å². The van der Waals surface area contributed by atoms with Crippen molar-refractivity contribution >= 4 is 34.3 Å². The van der Waals surface area contributed by atoms with Crippen molar-refractivity contribution in [1.82, 2.24) is 10.2 Å². The fourth-order valence-corrected chi connectivity index (χ4v) is 3.26. The monoisotopic (exact) mass is 390 g/mol. The third kappa shape index (κ3) is 4.63. The normalized spacial score (nSPS) is 10.6. The number of rotatable bonds is 7. The van der Waals surface area contributed by atoms with Crippen LogP contribution in [0.4, 0.5) is 17.1 Å². The van der Waals surface area contributed by atoms with Crippen LogP contribution in [-0.2, 0) is 11.2 Å². The molecule has 2 heterocycles. The molecule has 4 aromatic rings. The highest BCUT2D eigenvalue weighted by atomic mass is 32.1. The maximum absolute atomic E-state index is 12.2. The molecule has 0 spiro atoms. The fourth-order valence-electron chi connectivity index (χ4n) is 2.63. The van der Waals surface area contributed by atoms with Crippen molar-refractivity contribution in [2.75, 3.05) is 10.6 Å². The van der Waals surface area contributed by atoms with E-state index >= 15 is 0 Å². The van der Waals surface area contributed by atoms with Crippen LogP contribution in [-0.4, -0.2) is 16.1 Å². The molecule has 0 saturated carbocycles. The van der Waals surface area contributed by atoms with Gasteiger partial charge in [-0.2, -0.15) is 11.3 Å². The summed E-state index contributed by atoms with van der Waals surface area (Å²) < 4.78 is 5.60. The standard InChI is InChI=1S/C21H18N4O2S/c26-19(10-11-20-24-25-21(27-20)15-12-13-28-14-15)23-18-8-6-17(7-9-18)22-16-4-2-1-3-5-16/h1-9,12-14,22H,10-11H2,(H,23,26). The Balaban J connectivity index is 1.28. The minimum Gasteiger partial charge on any atom is -0.421 e. The number of para-hydroxylation sites is 1. The number of carbonyl (C=O) groups excluding carboxylic acids is 1. The number of benzene rings is 2. The number of anilines is 3. The summed E-state index contributed by atoms with van der Waals surface area (Å²) in [5, 5.41) is 18.1. The molecule has 140 valence electrons. The van der Waals surface area contributed by atoms with E-state index in [1.165, 1.54) is 0 Å². The van der Waals surface area contributed by atoms with Crippen molar-refractivity contribution < 1.29 is 9.21 Å². The number of carbonyl (C=O) groups is 1. The molecule has 0 atom stereocenters. The van der Waals surface area contributed by atoms with Gasteiger partial charge in [-0.3, -0.25) is 4.79 Å². The first-order chi connectivity index (χ1) is 13.8. The van der Waals surface area contributed by atoms with Gasteiger partial charge in [-0.05, 0) is 47.8 Å². The predicted octanol–water partition coefficient (Wildman–Crippen LogP) is 5.11. The summed E-state index contributed by atoms with van der Waals surface area (Å²) in [5.74, 6) is 0.843. The minimum absolute atomic E-state index is 0.0981. The van der Waals surface area contributed by atoms with Crippen molar-refractivity contribution in [2.24, 2.45) is 0 Å². The molecule has 7 heteroatoms. The average molecular weight is 390 g/mol. The van der Waals surface area contributed by atoms with E-state index in [0.717, 1.165) is 22.6 Å². The lowest BCUT2D eigenvalue weighted by atomic mass is 10.2. The van der Waals surface area contributed by atoms with Crippen LogP contribution in [0, 0.1) is 0 Å². The second-order valence-electron chi connectivity index (χ2n) is 6.13. The van der Waals surface area contributed by atoms with Gasteiger partial charge in [0, 0.05) is 40.8 Å². The third-order valence-electron chi connectivity index (χ3n) is 4.03. The van der Waals surface area contributed by atoms with Gasteiger partial charge in [-0.25, -0.2) is 0 Å². The number of aromatic nitrogens is 2. The number of thiophene rings is 1. The van der Waals surface area contributed by atoms with Crippen LogP contribution in [0.2, 0.25) is 0 Å². The SMILES string of the molecule is O=C(CCc1nnc(-c2ccsc2)o1)Nc1ccc(Nc2ccccc2)cc1. The summed E-state index contributed by atoms with van der Waals surface area (Å²) in [4.78, 5) is 12.2. The lowest BCUT2D eigenvalue weighted by Crippen LogP contribution is -2.12. The van der Waals surface area contributed by atoms with E-state index in [1.54, 1.807) is 11.3 Å². The topological polar surface area (TPSA) is 80.0 Å². The summed E-state index contributed by atoms with van der Waals surface area (Å²) in [6, 6.07) is 19.4. The lowest BCUT2D eigenvalue weighted by Gasteiger charge is -2.08. The molecule has 0 radical (unpaired) electrons. The maximum atomic E-state index is 12.2. The van der Waals surface area contributed by atoms with Crippen LogP contribution >= 0.6 is 11.3 Å². The number of aryl methyl sites for hydroxylation is 1. The second kappa shape index (κ2) is 8.49. The van der Waals surface area contributed by atoms with Gasteiger partial charge in [0.15, 0.2) is 0 Å². The zero-order valence-corrected chi connectivity index (χ0v) is 15.8. The first-order valence-corrected chi connectivity index (χ1v) is 9.77. The highest BCUT2D eigenvalue weighted by Crippen LogP contribution is 2.21. The molecule has 4 rings (SSSR count). The zero-order chi connectivity index (χ0) is 19.2. The first-order valence-electron chi connectivity index (χ1n) is 8.83. The summed E-state index contributed by atoms with van der Waals surface area (Å²) in [7, 11) is 0. The molecule has 0 aliphatic heterocycles. The molecule has 0 aliphatic rings. The Morgan fingerprint density at radius 2 is 1.68 bits per heavy atom. The highest BCUT2D eigenvalue weighted by Gasteiger charge is 2.11. The minimum atomic E-state index is -0.0981. The number of amides is 1. The molecule has 2 aromatic heterocycles. The average Bonchev–Trinajstić information content (AvgIpc) is 3.41. The van der Waals surface area contributed by atoms with Crippen molar-refractivity contribution in [2.45, 2.75) is 12.8 Å². The van der Waals surface area contributed by atoms with Gasteiger partial charge in [-0.15, -0.1) is 10.2 Å². The molecule has 28 heavy (non-hydrogen) atoms. The van der Waals surface area contributed by atoms with Crippen molar-refractivity contribution in [3.8, 4) is 11.5 Å². The van der Waals surface area contributed by atoms with Gasteiger partial charge in [0.05, 0.1) is 0 Å². The van der Waals surface area contributed by atoms with Crippen molar-refractivity contribution in [3.05, 3.63) is 77.3 Å². The Bertz CT molecular complexity index is 1030. The number of nitrogens with one attached hydrogen (secondary N) is 2. The van der Waals surface area contributed by atoms with Crippen LogP contribution in [0.5, 0.6) is 0 Å². The molecule has 0 unspecified atom stereocenters. The molecular weight excluding hydrogens is 372 g/mol. The van der Waals surface area contributed by atoms with Gasteiger partial charge in [-0.1, -0.05) is 18.2 Å². The molecule has 2 N–H and O–H groups in total. The molecule has 0 aliphatic carbocycles. The second-order valence-corrected chi connectivity index (χ2v) is 6.91. The third-order valence-corrected chi connectivity index (χ3v) is 4.72. The Morgan fingerprint density at radius 3 is 2.43 bits per heavy atom. The van der Waals surface area contributed by atoms with Crippen LogP contribution < -0.4 is 10.6 Å². The van der Waals surface area contributed by atoms with Crippen LogP contribution in [0.3, 0.4) is 0 Å². The van der Waals surface area contributed by atoms with Crippen molar-refractivity contribution in [1.29, 1.82) is 0 Å². The molecule has 0 fully saturated rings. The van der Waals surface area contributed by atoms with E-state index in [2.05, 4.69) is 20.8 Å². The summed E-state index contributed by atoms with van der Waals surface area (Å²) >= 11 is 1.57. The van der Waals surface area contributed by atoms with Gasteiger partial charge in [0.1, 0.15) is 0 Å². The van der Waals surface area contributed by atoms with E-state index in [9.17, 15) is 4.79 Å². The Morgan fingerprint density at radius 1 is 0.929 bits per heavy atom. The molecular formula is C21H18N4O2S. The smallest absolute Gasteiger partial charge is 0.248 e. The number of nitrogens with zero attached hydrogens (tertiary/aromatic N) is 2. The summed E-state index contributed by atoms with van der Waals surface area (Å²) in [6.07, 6.45) is 0.673. The molecule has 6 nitrogen and oxygen atoms in total. The van der Waals surface area contributed by atoms with E-state index in [-0.39, 0.29) is 12.3 Å². The number of hydrogen-bond donors (Lipinski definition) is 2. The first kappa shape index (κ1) is 17.9. The maximum Gasteiger partial charge on any atom is 0.248 e. The zero-order valence-electron chi connectivity index (χ0n) is 15.0. The Hall–Kier alpha value is -3.45. The van der Waals surface area contributed by atoms with Gasteiger partial charge in [0.2, 0.25) is 17.7 Å². The van der Waals surface area contributed by atoms with E-state index < -0.39 is 0 Å². The molecule has 0 saturated heterocycles. The van der Waals surface area contributed by atoms with E-state index in [0.29, 0.717) is 18.2 Å². The summed E-state index contributed by atoms with van der Waals surface area (Å²) in [5.41, 5.74) is 3.61. The summed E-state index contributed by atoms with van der Waals surface area (Å²) in [6.45, 7) is 0.